The number of carbonyl (C=O) groups is 2. The van der Waals surface area contributed by atoms with Crippen molar-refractivity contribution < 1.29 is 9.59 Å². The maximum Gasteiger partial charge on any atom is 0.254 e. The van der Waals surface area contributed by atoms with Crippen molar-refractivity contribution in [3.63, 3.8) is 0 Å². The van der Waals surface area contributed by atoms with E-state index in [9.17, 15) is 9.59 Å². The molecule has 0 unspecified atom stereocenters. The summed E-state index contributed by atoms with van der Waals surface area (Å²) < 4.78 is 0. The number of hydrazone groups is 1. The molecule has 2 bridgehead atoms. The largest absolute Gasteiger partial charge is 0.272 e. The minimum atomic E-state index is -0.204. The number of rotatable bonds is 2. The summed E-state index contributed by atoms with van der Waals surface area (Å²) in [5.41, 5.74) is 0.702. The van der Waals surface area contributed by atoms with E-state index in [1.165, 1.54) is 12.6 Å². The van der Waals surface area contributed by atoms with Crippen molar-refractivity contribution in [2.24, 2.45) is 40.6 Å². The summed E-state index contributed by atoms with van der Waals surface area (Å²) >= 11 is 6.10. The Morgan fingerprint density at radius 1 is 1.04 bits per heavy atom. The minimum absolute atomic E-state index is 0.145. The Balaban J connectivity index is 1.47. The molecule has 1 aliphatic heterocycles. The Morgan fingerprint density at radius 3 is 2.26 bits per heavy atom. The van der Waals surface area contributed by atoms with Crippen LogP contribution in [0, 0.1) is 35.5 Å². The zero-order chi connectivity index (χ0) is 15.7. The zero-order valence-corrected chi connectivity index (χ0v) is 13.1. The average Bonchev–Trinajstić information content (AvgIpc) is 3.33. The molecule has 23 heavy (non-hydrogen) atoms. The van der Waals surface area contributed by atoms with Crippen LogP contribution in [0.25, 0.3) is 0 Å². The van der Waals surface area contributed by atoms with Gasteiger partial charge in [0.05, 0.1) is 18.1 Å². The van der Waals surface area contributed by atoms with Gasteiger partial charge in [-0.3, -0.25) is 9.59 Å². The number of hydrogen-bond donors (Lipinski definition) is 0. The Hall–Kier alpha value is -1.94. The number of nitrogens with zero attached hydrogens (tertiary/aromatic N) is 2. The molecule has 1 saturated heterocycles. The summed E-state index contributed by atoms with van der Waals surface area (Å²) in [5, 5.41) is 5.81. The number of benzene rings is 1. The van der Waals surface area contributed by atoms with E-state index >= 15 is 0 Å². The van der Waals surface area contributed by atoms with E-state index in [2.05, 4.69) is 17.3 Å². The third-order valence-corrected chi connectivity index (χ3v) is 6.20. The second-order valence-electron chi connectivity index (χ2n) is 6.91. The summed E-state index contributed by atoms with van der Waals surface area (Å²) in [6, 6.07) is 7.24. The first-order valence-corrected chi connectivity index (χ1v) is 8.39. The second-order valence-corrected chi connectivity index (χ2v) is 7.32. The van der Waals surface area contributed by atoms with E-state index in [0.29, 0.717) is 22.4 Å². The smallest absolute Gasteiger partial charge is 0.254 e. The van der Waals surface area contributed by atoms with E-state index in [1.807, 2.05) is 18.2 Å². The van der Waals surface area contributed by atoms with Crippen molar-refractivity contribution in [3.8, 4) is 0 Å². The summed E-state index contributed by atoms with van der Waals surface area (Å²) in [7, 11) is 0. The van der Waals surface area contributed by atoms with Gasteiger partial charge in [-0.05, 0) is 36.2 Å². The fourth-order valence-corrected chi connectivity index (χ4v) is 4.94. The number of amides is 2. The SMILES string of the molecule is O=C1[C@@H]2[C@H]3C=C[C@@H]([C@@H]4C[C@@H]34)[C@@H]2C(=O)N1/N=C\c1ccccc1Cl. The van der Waals surface area contributed by atoms with Gasteiger partial charge >= 0.3 is 0 Å². The first-order valence-electron chi connectivity index (χ1n) is 8.01. The van der Waals surface area contributed by atoms with Gasteiger partial charge in [0.2, 0.25) is 0 Å². The van der Waals surface area contributed by atoms with Gasteiger partial charge in [-0.1, -0.05) is 42.0 Å². The van der Waals surface area contributed by atoms with Crippen molar-refractivity contribution in [1.29, 1.82) is 0 Å². The number of allylic oxidation sites excluding steroid dienone is 2. The monoisotopic (exact) mass is 326 g/mol. The number of imide groups is 1. The topological polar surface area (TPSA) is 49.7 Å². The van der Waals surface area contributed by atoms with Crippen LogP contribution in [-0.4, -0.2) is 23.0 Å². The van der Waals surface area contributed by atoms with Gasteiger partial charge in [0.1, 0.15) is 0 Å². The summed E-state index contributed by atoms with van der Waals surface area (Å²) in [5.74, 6) is 0.972. The fourth-order valence-electron chi connectivity index (χ4n) is 4.75. The molecule has 6 rings (SSSR count). The Bertz CT molecular complexity index is 751. The maximum absolute atomic E-state index is 12.7. The van der Waals surface area contributed by atoms with Gasteiger partial charge in [0.15, 0.2) is 0 Å². The first kappa shape index (κ1) is 13.5. The first-order chi connectivity index (χ1) is 11.2. The molecule has 0 spiro atoms. The zero-order valence-electron chi connectivity index (χ0n) is 12.3. The molecule has 1 aromatic carbocycles. The third-order valence-electron chi connectivity index (χ3n) is 5.86. The molecular formula is C18H15ClN2O2. The van der Waals surface area contributed by atoms with Gasteiger partial charge in [-0.15, -0.1) is 0 Å². The number of halogens is 1. The predicted octanol–water partition coefficient (Wildman–Crippen LogP) is 2.73. The Kier molecular flexibility index (Phi) is 2.66. The molecule has 5 aliphatic rings. The Labute approximate surface area is 138 Å². The summed E-state index contributed by atoms with van der Waals surface area (Å²) in [6.07, 6.45) is 6.99. The van der Waals surface area contributed by atoms with Crippen LogP contribution in [0.15, 0.2) is 41.5 Å². The highest BCUT2D eigenvalue weighted by Gasteiger charge is 2.67. The predicted molar refractivity (Wildman–Crippen MR) is 85.6 cm³/mol. The van der Waals surface area contributed by atoms with Gasteiger partial charge in [-0.25, -0.2) is 0 Å². The van der Waals surface area contributed by atoms with Crippen LogP contribution in [-0.2, 0) is 9.59 Å². The quantitative estimate of drug-likeness (QED) is 0.476. The van der Waals surface area contributed by atoms with Crippen molar-refractivity contribution in [3.05, 3.63) is 47.0 Å². The van der Waals surface area contributed by atoms with Crippen LogP contribution in [0.1, 0.15) is 12.0 Å². The molecule has 5 heteroatoms. The van der Waals surface area contributed by atoms with E-state index < -0.39 is 0 Å². The highest BCUT2D eigenvalue weighted by atomic mass is 35.5. The van der Waals surface area contributed by atoms with Crippen LogP contribution in [0.5, 0.6) is 0 Å². The minimum Gasteiger partial charge on any atom is -0.272 e. The van der Waals surface area contributed by atoms with Gasteiger partial charge in [0, 0.05) is 10.6 Å². The highest BCUT2D eigenvalue weighted by Crippen LogP contribution is 2.65. The number of hydrogen-bond acceptors (Lipinski definition) is 3. The van der Waals surface area contributed by atoms with Crippen LogP contribution in [0.3, 0.4) is 0 Å². The molecule has 0 radical (unpaired) electrons. The molecule has 2 amide bonds. The molecule has 2 saturated carbocycles. The molecule has 6 atom stereocenters. The van der Waals surface area contributed by atoms with E-state index in [1.54, 1.807) is 6.07 Å². The van der Waals surface area contributed by atoms with E-state index in [-0.39, 0.29) is 35.5 Å². The summed E-state index contributed by atoms with van der Waals surface area (Å²) in [4.78, 5) is 25.5. The molecule has 3 fully saturated rings. The fraction of sp³-hybridized carbons (Fsp3) is 0.389. The average molecular weight is 327 g/mol. The molecule has 116 valence electrons. The molecule has 4 nitrogen and oxygen atoms in total. The Morgan fingerprint density at radius 2 is 1.65 bits per heavy atom. The van der Waals surface area contributed by atoms with Crippen LogP contribution < -0.4 is 0 Å². The highest BCUT2D eigenvalue weighted by molar-refractivity contribution is 6.33. The van der Waals surface area contributed by atoms with Gasteiger partial charge in [0.25, 0.3) is 11.8 Å². The lowest BCUT2D eigenvalue weighted by Gasteiger charge is -2.37. The van der Waals surface area contributed by atoms with E-state index in [0.717, 1.165) is 5.01 Å². The molecule has 1 heterocycles. The van der Waals surface area contributed by atoms with Gasteiger partial charge < -0.3 is 0 Å². The standard InChI is InChI=1S/C18H15ClN2O2/c19-14-4-2-1-3-9(14)8-20-21-17(22)15-10-5-6-11(13-7-12(10)13)16(15)18(21)23/h1-6,8,10-13,15-16H,7H2/b20-8-/t10-,11-,12-,13-,15-,16+/m0/s1. The van der Waals surface area contributed by atoms with Crippen molar-refractivity contribution in [2.45, 2.75) is 6.42 Å². The van der Waals surface area contributed by atoms with Crippen LogP contribution in [0.2, 0.25) is 5.02 Å². The maximum atomic E-state index is 12.7. The lowest BCUT2D eigenvalue weighted by atomic mass is 9.63. The molecular weight excluding hydrogens is 312 g/mol. The molecule has 1 aromatic rings. The second kappa shape index (κ2) is 4.54. The van der Waals surface area contributed by atoms with Crippen LogP contribution >= 0.6 is 11.6 Å². The lowest BCUT2D eigenvalue weighted by molar-refractivity contribution is -0.140. The van der Waals surface area contributed by atoms with E-state index in [4.69, 9.17) is 11.6 Å². The van der Waals surface area contributed by atoms with Crippen molar-refractivity contribution >= 4 is 29.6 Å². The molecule has 4 aliphatic carbocycles. The summed E-state index contributed by atoms with van der Waals surface area (Å²) in [6.45, 7) is 0. The van der Waals surface area contributed by atoms with Crippen LogP contribution in [0.4, 0.5) is 0 Å². The van der Waals surface area contributed by atoms with Gasteiger partial charge in [-0.2, -0.15) is 10.1 Å². The third kappa shape index (κ3) is 1.75. The normalized spacial score (nSPS) is 40.0. The molecule has 0 N–H and O–H groups in total. The number of carbonyl (C=O) groups excluding carboxylic acids is 2. The lowest BCUT2D eigenvalue weighted by Crippen LogP contribution is -2.40. The van der Waals surface area contributed by atoms with Crippen molar-refractivity contribution in [1.82, 2.24) is 5.01 Å². The molecule has 0 aromatic heterocycles. The van der Waals surface area contributed by atoms with Crippen molar-refractivity contribution in [2.75, 3.05) is 0 Å².